The van der Waals surface area contributed by atoms with E-state index in [2.05, 4.69) is 39.8 Å². The second-order valence-corrected chi connectivity index (χ2v) is 8.60. The molecule has 1 aromatic heterocycles. The number of carbonyl (C=O) groups excluding carboxylic acids is 1. The molecule has 31 heavy (non-hydrogen) atoms. The van der Waals surface area contributed by atoms with Gasteiger partial charge < -0.3 is 14.2 Å². The van der Waals surface area contributed by atoms with Gasteiger partial charge in [-0.15, -0.1) is 0 Å². The molecule has 4 rings (SSSR count). The Bertz CT molecular complexity index is 1140. The van der Waals surface area contributed by atoms with Crippen LogP contribution in [0.4, 0.5) is 0 Å². The first-order chi connectivity index (χ1) is 15.0. The summed E-state index contributed by atoms with van der Waals surface area (Å²) in [6, 6.07) is 15.0. The monoisotopic (exact) mass is 419 g/mol. The van der Waals surface area contributed by atoms with Crippen molar-refractivity contribution in [2.45, 2.75) is 39.7 Å². The Morgan fingerprint density at radius 1 is 1.00 bits per heavy atom. The quantitative estimate of drug-likeness (QED) is 0.639. The van der Waals surface area contributed by atoms with Gasteiger partial charge in [-0.1, -0.05) is 50.2 Å². The van der Waals surface area contributed by atoms with E-state index in [-0.39, 0.29) is 17.1 Å². The fourth-order valence-corrected chi connectivity index (χ4v) is 4.49. The standard InChI is InChI=1S/C26H30N2O3/c1-5-27(6-2)15-16-28-23(19-13-11-18(12-14-19)17(3)4)22-24(29)20-9-7-8-10-21(20)31-25(22)26(28)30/h7-14,17,23H,5-6,15-16H2,1-4H3/p+1/t23-/m0/s1. The topological polar surface area (TPSA) is 55.0 Å². The molecule has 5 nitrogen and oxygen atoms in total. The van der Waals surface area contributed by atoms with Crippen molar-refractivity contribution in [1.82, 2.24) is 4.90 Å². The van der Waals surface area contributed by atoms with Crippen molar-refractivity contribution in [3.8, 4) is 0 Å². The van der Waals surface area contributed by atoms with Crippen LogP contribution >= 0.6 is 0 Å². The van der Waals surface area contributed by atoms with Gasteiger partial charge in [0.2, 0.25) is 5.76 Å². The zero-order valence-electron chi connectivity index (χ0n) is 18.8. The number of carbonyl (C=O) groups is 1. The van der Waals surface area contributed by atoms with Gasteiger partial charge in [-0.3, -0.25) is 9.59 Å². The molecule has 1 aliphatic heterocycles. The van der Waals surface area contributed by atoms with E-state index in [1.54, 1.807) is 12.1 Å². The molecule has 0 saturated heterocycles. The third-order valence-electron chi connectivity index (χ3n) is 6.50. The van der Waals surface area contributed by atoms with Crippen molar-refractivity contribution in [2.24, 2.45) is 0 Å². The largest absolute Gasteiger partial charge is 0.450 e. The summed E-state index contributed by atoms with van der Waals surface area (Å²) < 4.78 is 6.00. The lowest BCUT2D eigenvalue weighted by atomic mass is 9.95. The van der Waals surface area contributed by atoms with Crippen molar-refractivity contribution in [3.05, 3.63) is 81.2 Å². The van der Waals surface area contributed by atoms with Gasteiger partial charge in [0, 0.05) is 0 Å². The Morgan fingerprint density at radius 3 is 2.32 bits per heavy atom. The lowest BCUT2D eigenvalue weighted by Gasteiger charge is -2.27. The summed E-state index contributed by atoms with van der Waals surface area (Å²) in [4.78, 5) is 30.1. The zero-order chi connectivity index (χ0) is 22.1. The predicted molar refractivity (Wildman–Crippen MR) is 123 cm³/mol. The number of nitrogens with zero attached hydrogens (tertiary/aromatic N) is 1. The van der Waals surface area contributed by atoms with E-state index in [0.717, 1.165) is 25.2 Å². The second kappa shape index (κ2) is 8.67. The number of rotatable bonds is 7. The van der Waals surface area contributed by atoms with Crippen molar-refractivity contribution in [2.75, 3.05) is 26.2 Å². The van der Waals surface area contributed by atoms with Crippen LogP contribution in [0.1, 0.15) is 66.9 Å². The van der Waals surface area contributed by atoms with Crippen LogP contribution < -0.4 is 10.3 Å². The molecule has 0 unspecified atom stereocenters. The Balaban J connectivity index is 1.84. The predicted octanol–water partition coefficient (Wildman–Crippen LogP) is 3.39. The first-order valence-corrected chi connectivity index (χ1v) is 11.3. The number of nitrogens with one attached hydrogen (secondary N) is 1. The molecule has 2 heterocycles. The average Bonchev–Trinajstić information content (AvgIpc) is 3.06. The summed E-state index contributed by atoms with van der Waals surface area (Å²) in [5.41, 5.74) is 3.01. The molecule has 0 aliphatic carbocycles. The van der Waals surface area contributed by atoms with Crippen LogP contribution in [0.25, 0.3) is 11.0 Å². The van der Waals surface area contributed by atoms with Gasteiger partial charge in [0.25, 0.3) is 5.91 Å². The molecular weight excluding hydrogens is 388 g/mol. The molecule has 1 aliphatic rings. The van der Waals surface area contributed by atoms with E-state index in [0.29, 0.717) is 29.0 Å². The minimum atomic E-state index is -0.417. The Kier molecular flexibility index (Phi) is 5.96. The van der Waals surface area contributed by atoms with Gasteiger partial charge in [-0.25, -0.2) is 0 Å². The number of amides is 1. The molecule has 1 amide bonds. The van der Waals surface area contributed by atoms with Gasteiger partial charge in [-0.05, 0) is 43.0 Å². The minimum Gasteiger partial charge on any atom is -0.450 e. The summed E-state index contributed by atoms with van der Waals surface area (Å²) in [6.45, 7) is 12.0. The highest BCUT2D eigenvalue weighted by Gasteiger charge is 2.42. The Labute approximate surface area is 183 Å². The summed E-state index contributed by atoms with van der Waals surface area (Å²) in [6.07, 6.45) is 0. The van der Waals surface area contributed by atoms with Gasteiger partial charge in [0.15, 0.2) is 5.43 Å². The van der Waals surface area contributed by atoms with Crippen LogP contribution in [-0.4, -0.2) is 37.0 Å². The Morgan fingerprint density at radius 2 is 1.68 bits per heavy atom. The highest BCUT2D eigenvalue weighted by molar-refractivity contribution is 5.99. The van der Waals surface area contributed by atoms with Gasteiger partial charge in [-0.2, -0.15) is 0 Å². The SMILES string of the molecule is CC[NH+](CC)CCN1C(=O)c2oc3ccccc3c(=O)c2[C@@H]1c1ccc(C(C)C)cc1. The minimum absolute atomic E-state index is 0.110. The fraction of sp³-hybridized carbons (Fsp3) is 0.385. The van der Waals surface area contributed by atoms with Crippen LogP contribution in [0.3, 0.4) is 0 Å². The number of para-hydroxylation sites is 1. The molecule has 0 radical (unpaired) electrons. The van der Waals surface area contributed by atoms with Gasteiger partial charge in [0.05, 0.1) is 43.2 Å². The van der Waals surface area contributed by atoms with Crippen LogP contribution in [0.15, 0.2) is 57.7 Å². The van der Waals surface area contributed by atoms with Gasteiger partial charge in [0.1, 0.15) is 5.58 Å². The maximum atomic E-state index is 13.5. The summed E-state index contributed by atoms with van der Waals surface area (Å²) in [5, 5.41) is 0.522. The number of benzene rings is 2. The second-order valence-electron chi connectivity index (χ2n) is 8.60. The normalized spacial score (nSPS) is 16.0. The molecule has 0 saturated carbocycles. The molecule has 162 valence electrons. The third kappa shape index (κ3) is 3.79. The number of hydrogen-bond donors (Lipinski definition) is 1. The first-order valence-electron chi connectivity index (χ1n) is 11.3. The Hall–Kier alpha value is -2.92. The maximum Gasteiger partial charge on any atom is 0.291 e. The molecule has 3 aromatic rings. The van der Waals surface area contributed by atoms with Crippen LogP contribution in [0.5, 0.6) is 0 Å². The molecule has 0 spiro atoms. The van der Waals surface area contributed by atoms with Crippen LogP contribution in [0.2, 0.25) is 0 Å². The third-order valence-corrected chi connectivity index (χ3v) is 6.50. The number of quaternary nitrogens is 1. The molecule has 0 fully saturated rings. The highest BCUT2D eigenvalue weighted by Crippen LogP contribution is 2.38. The first kappa shape index (κ1) is 21.3. The molecule has 0 bridgehead atoms. The van der Waals surface area contributed by atoms with Crippen molar-refractivity contribution >= 4 is 16.9 Å². The van der Waals surface area contributed by atoms with E-state index in [1.807, 2.05) is 29.2 Å². The average molecular weight is 420 g/mol. The molecule has 2 aromatic carbocycles. The number of fused-ring (bicyclic) bond motifs is 2. The van der Waals surface area contributed by atoms with E-state index < -0.39 is 6.04 Å². The van der Waals surface area contributed by atoms with Crippen molar-refractivity contribution in [1.29, 1.82) is 0 Å². The molecule has 5 heteroatoms. The maximum absolute atomic E-state index is 13.5. The number of hydrogen-bond acceptors (Lipinski definition) is 3. The molecule has 1 N–H and O–H groups in total. The van der Waals surface area contributed by atoms with E-state index in [1.165, 1.54) is 10.5 Å². The zero-order valence-corrected chi connectivity index (χ0v) is 18.8. The van der Waals surface area contributed by atoms with Crippen LogP contribution in [0, 0.1) is 0 Å². The van der Waals surface area contributed by atoms with E-state index in [4.69, 9.17) is 4.42 Å². The lowest BCUT2D eigenvalue weighted by Crippen LogP contribution is -3.12. The number of likely N-dealkylation sites (N-methyl/N-ethyl adjacent to an activating group) is 1. The molecule has 1 atom stereocenters. The van der Waals surface area contributed by atoms with Crippen LogP contribution in [-0.2, 0) is 0 Å². The van der Waals surface area contributed by atoms with Gasteiger partial charge >= 0.3 is 0 Å². The molecular formula is C26H31N2O3+. The summed E-state index contributed by atoms with van der Waals surface area (Å²) >= 11 is 0. The summed E-state index contributed by atoms with van der Waals surface area (Å²) in [5.74, 6) is 0.418. The highest BCUT2D eigenvalue weighted by atomic mass is 16.3. The van der Waals surface area contributed by atoms with E-state index >= 15 is 0 Å². The lowest BCUT2D eigenvalue weighted by molar-refractivity contribution is -0.895. The van der Waals surface area contributed by atoms with E-state index in [9.17, 15) is 9.59 Å². The van der Waals surface area contributed by atoms with Crippen molar-refractivity contribution in [3.63, 3.8) is 0 Å². The smallest absolute Gasteiger partial charge is 0.291 e. The van der Waals surface area contributed by atoms with Crippen molar-refractivity contribution < 1.29 is 14.1 Å². The fourth-order valence-electron chi connectivity index (χ4n) is 4.49. The summed E-state index contributed by atoms with van der Waals surface area (Å²) in [7, 11) is 0.